The lowest BCUT2D eigenvalue weighted by molar-refractivity contribution is -0.0135. The molecule has 31 heavy (non-hydrogen) atoms. The lowest BCUT2D eigenvalue weighted by Gasteiger charge is -2.29. The highest BCUT2D eigenvalue weighted by Gasteiger charge is 2.25. The molecule has 3 N–H and O–H groups in total. The van der Waals surface area contributed by atoms with E-state index in [1.165, 1.54) is 12.3 Å². The van der Waals surface area contributed by atoms with Crippen LogP contribution >= 0.6 is 11.6 Å². The zero-order valence-electron chi connectivity index (χ0n) is 17.6. The molecule has 0 bridgehead atoms. The van der Waals surface area contributed by atoms with Gasteiger partial charge in [-0.15, -0.1) is 0 Å². The minimum Gasteiger partial charge on any atom is -0.389 e. The second-order valence-electron chi connectivity index (χ2n) is 8.17. The Morgan fingerprint density at radius 2 is 2.06 bits per heavy atom. The molecule has 0 unspecified atom stereocenters. The molecule has 1 aromatic carbocycles. The van der Waals surface area contributed by atoms with Crippen molar-refractivity contribution in [3.63, 3.8) is 0 Å². The maximum atomic E-state index is 15.0. The van der Waals surface area contributed by atoms with E-state index in [4.69, 9.17) is 16.3 Å². The summed E-state index contributed by atoms with van der Waals surface area (Å²) in [6.07, 6.45) is 0.692. The molecule has 1 aliphatic rings. The highest BCUT2D eigenvalue weighted by Crippen LogP contribution is 2.35. The fourth-order valence-corrected chi connectivity index (χ4v) is 4.20. The van der Waals surface area contributed by atoms with Crippen LogP contribution in [0.5, 0.6) is 0 Å². The number of aliphatic hydroxyl groups excluding tert-OH is 2. The second kappa shape index (κ2) is 8.70. The van der Waals surface area contributed by atoms with Crippen LogP contribution in [0.15, 0.2) is 24.4 Å². The van der Waals surface area contributed by atoms with Crippen molar-refractivity contribution in [2.45, 2.75) is 51.5 Å². The number of pyridine rings is 1. The Morgan fingerprint density at radius 3 is 2.74 bits per heavy atom. The van der Waals surface area contributed by atoms with E-state index >= 15 is 4.39 Å². The molecule has 9 heteroatoms. The molecule has 0 saturated carbocycles. The SMILES string of the molecule is CC(C)n1c([C@H](C)O)nc2c(F)cc(-c3cc(N[C@@H]4CCOC[C@H]4O)ncc3Cl)cc21. The van der Waals surface area contributed by atoms with Crippen molar-refractivity contribution in [2.24, 2.45) is 0 Å². The lowest BCUT2D eigenvalue weighted by Crippen LogP contribution is -2.42. The van der Waals surface area contributed by atoms with Gasteiger partial charge in [0.05, 0.1) is 29.3 Å². The van der Waals surface area contributed by atoms with Gasteiger partial charge in [-0.2, -0.15) is 0 Å². The average molecular weight is 449 g/mol. The third kappa shape index (κ3) is 4.25. The number of halogens is 2. The van der Waals surface area contributed by atoms with Crippen molar-refractivity contribution >= 4 is 28.5 Å². The molecule has 7 nitrogen and oxygen atoms in total. The molecule has 2 aromatic heterocycles. The van der Waals surface area contributed by atoms with Crippen LogP contribution in [0.1, 0.15) is 45.2 Å². The molecule has 0 amide bonds. The van der Waals surface area contributed by atoms with Gasteiger partial charge in [-0.05, 0) is 51.0 Å². The number of nitrogens with one attached hydrogen (secondary N) is 1. The molecule has 0 spiro atoms. The van der Waals surface area contributed by atoms with Gasteiger partial charge in [-0.1, -0.05) is 11.6 Å². The zero-order chi connectivity index (χ0) is 22.3. The van der Waals surface area contributed by atoms with Gasteiger partial charge < -0.3 is 24.8 Å². The van der Waals surface area contributed by atoms with Crippen LogP contribution in [0.3, 0.4) is 0 Å². The van der Waals surface area contributed by atoms with E-state index in [0.29, 0.717) is 46.3 Å². The van der Waals surface area contributed by atoms with Crippen molar-refractivity contribution in [3.05, 3.63) is 41.1 Å². The number of imidazole rings is 1. The first-order valence-corrected chi connectivity index (χ1v) is 10.7. The maximum absolute atomic E-state index is 15.0. The molecule has 3 heterocycles. The minimum absolute atomic E-state index is 0.0237. The van der Waals surface area contributed by atoms with Crippen molar-refractivity contribution in [1.29, 1.82) is 0 Å². The summed E-state index contributed by atoms with van der Waals surface area (Å²) in [6.45, 7) is 6.35. The molecule has 1 saturated heterocycles. The zero-order valence-corrected chi connectivity index (χ0v) is 18.4. The first kappa shape index (κ1) is 22.0. The fraction of sp³-hybridized carbons (Fsp3) is 0.455. The van der Waals surface area contributed by atoms with Gasteiger partial charge in [0.2, 0.25) is 0 Å². The Kier molecular flexibility index (Phi) is 6.16. The molecule has 0 radical (unpaired) electrons. The molecular formula is C22H26ClFN4O3. The summed E-state index contributed by atoms with van der Waals surface area (Å²) in [5.41, 5.74) is 1.98. The quantitative estimate of drug-likeness (QED) is 0.544. The number of benzene rings is 1. The van der Waals surface area contributed by atoms with Crippen LogP contribution in [-0.2, 0) is 4.74 Å². The van der Waals surface area contributed by atoms with E-state index in [9.17, 15) is 10.2 Å². The Bertz CT molecular complexity index is 1100. The predicted molar refractivity (Wildman–Crippen MR) is 118 cm³/mol. The van der Waals surface area contributed by atoms with Gasteiger partial charge in [0.25, 0.3) is 0 Å². The van der Waals surface area contributed by atoms with Gasteiger partial charge in [-0.25, -0.2) is 14.4 Å². The van der Waals surface area contributed by atoms with Crippen LogP contribution in [0.2, 0.25) is 5.02 Å². The first-order chi connectivity index (χ1) is 14.8. The predicted octanol–water partition coefficient (Wildman–Crippen LogP) is 4.09. The van der Waals surface area contributed by atoms with Crippen molar-refractivity contribution in [1.82, 2.24) is 14.5 Å². The van der Waals surface area contributed by atoms with E-state index in [-0.39, 0.29) is 24.2 Å². The first-order valence-electron chi connectivity index (χ1n) is 10.3. The number of fused-ring (bicyclic) bond motifs is 1. The Labute approximate surface area is 184 Å². The number of hydrogen-bond acceptors (Lipinski definition) is 6. The van der Waals surface area contributed by atoms with Crippen molar-refractivity contribution in [2.75, 3.05) is 18.5 Å². The van der Waals surface area contributed by atoms with E-state index in [1.807, 2.05) is 24.5 Å². The topological polar surface area (TPSA) is 92.4 Å². The molecule has 4 rings (SSSR count). The molecule has 1 aliphatic heterocycles. The molecule has 3 aromatic rings. The van der Waals surface area contributed by atoms with Crippen LogP contribution in [0.4, 0.5) is 10.2 Å². The van der Waals surface area contributed by atoms with E-state index in [0.717, 1.165) is 0 Å². The normalized spacial score (nSPS) is 20.4. The second-order valence-corrected chi connectivity index (χ2v) is 8.57. The van der Waals surface area contributed by atoms with Crippen LogP contribution in [0, 0.1) is 5.82 Å². The van der Waals surface area contributed by atoms with E-state index in [2.05, 4.69) is 15.3 Å². The summed E-state index contributed by atoms with van der Waals surface area (Å²) < 4.78 is 22.1. The average Bonchev–Trinajstić information content (AvgIpc) is 3.12. The largest absolute Gasteiger partial charge is 0.389 e. The molecule has 1 fully saturated rings. The molecule has 3 atom stereocenters. The number of nitrogens with zero attached hydrogens (tertiary/aromatic N) is 3. The van der Waals surface area contributed by atoms with E-state index < -0.39 is 18.0 Å². The van der Waals surface area contributed by atoms with Crippen molar-refractivity contribution < 1.29 is 19.3 Å². The third-order valence-electron chi connectivity index (χ3n) is 5.49. The Hall–Kier alpha value is -2.26. The monoisotopic (exact) mass is 448 g/mol. The van der Waals surface area contributed by atoms with Crippen LogP contribution < -0.4 is 5.32 Å². The standard InChI is InChI=1S/C22H26ClFN4O3/c1-11(2)28-18-7-13(6-16(24)21(18)27-22(28)12(3)29)14-8-20(25-9-15(14)23)26-17-4-5-31-10-19(17)30/h6-9,11-12,17,19,29-30H,4-5,10H2,1-3H3,(H,25,26)/t12-,17+,19+/m0/s1. The summed E-state index contributed by atoms with van der Waals surface area (Å²) in [5, 5.41) is 23.9. The van der Waals surface area contributed by atoms with Gasteiger partial charge >= 0.3 is 0 Å². The van der Waals surface area contributed by atoms with E-state index in [1.54, 1.807) is 13.0 Å². The molecular weight excluding hydrogens is 423 g/mol. The lowest BCUT2D eigenvalue weighted by atomic mass is 10.0. The minimum atomic E-state index is -0.830. The number of aromatic nitrogens is 3. The Morgan fingerprint density at radius 1 is 1.29 bits per heavy atom. The number of hydrogen-bond donors (Lipinski definition) is 3. The maximum Gasteiger partial charge on any atom is 0.151 e. The number of rotatable bonds is 5. The highest BCUT2D eigenvalue weighted by molar-refractivity contribution is 6.33. The highest BCUT2D eigenvalue weighted by atomic mass is 35.5. The summed E-state index contributed by atoms with van der Waals surface area (Å²) in [4.78, 5) is 8.65. The molecule has 166 valence electrons. The number of aliphatic hydroxyl groups is 2. The summed E-state index contributed by atoms with van der Waals surface area (Å²) in [6, 6.07) is 4.75. The summed E-state index contributed by atoms with van der Waals surface area (Å²) in [7, 11) is 0. The summed E-state index contributed by atoms with van der Waals surface area (Å²) in [5.74, 6) is 0.460. The van der Waals surface area contributed by atoms with Gasteiger partial charge in [0.15, 0.2) is 5.82 Å². The molecule has 0 aliphatic carbocycles. The third-order valence-corrected chi connectivity index (χ3v) is 5.79. The van der Waals surface area contributed by atoms with Gasteiger partial charge in [-0.3, -0.25) is 0 Å². The van der Waals surface area contributed by atoms with Gasteiger partial charge in [0, 0.05) is 24.4 Å². The van der Waals surface area contributed by atoms with Crippen molar-refractivity contribution in [3.8, 4) is 11.1 Å². The number of anilines is 1. The fourth-order valence-electron chi connectivity index (χ4n) is 3.98. The van der Waals surface area contributed by atoms with Crippen LogP contribution in [0.25, 0.3) is 22.2 Å². The van der Waals surface area contributed by atoms with Gasteiger partial charge in [0.1, 0.15) is 23.3 Å². The Balaban J connectivity index is 1.78. The van der Waals surface area contributed by atoms with Crippen LogP contribution in [-0.4, -0.2) is 50.1 Å². The smallest absolute Gasteiger partial charge is 0.151 e. The summed E-state index contributed by atoms with van der Waals surface area (Å²) >= 11 is 6.42. The number of ether oxygens (including phenoxy) is 1.